The van der Waals surface area contributed by atoms with E-state index >= 15 is 0 Å². The minimum atomic E-state index is -2.75. The molecule has 4 rings (SSSR count). The molecule has 0 saturated carbocycles. The van der Waals surface area contributed by atoms with Gasteiger partial charge in [0.15, 0.2) is 0 Å². The number of para-hydroxylation sites is 1. The van der Waals surface area contributed by atoms with E-state index in [1.165, 1.54) is 23.1 Å². The molecule has 8 nitrogen and oxygen atoms in total. The molecule has 1 amide bonds. The van der Waals surface area contributed by atoms with E-state index in [-0.39, 0.29) is 16.9 Å². The predicted octanol–water partition coefficient (Wildman–Crippen LogP) is 1.72. The number of aromatic nitrogens is 4. The molecule has 3 aromatic rings. The number of nitrogens with one attached hydrogen (secondary N) is 1. The van der Waals surface area contributed by atoms with Crippen molar-refractivity contribution in [2.24, 2.45) is 0 Å². The van der Waals surface area contributed by atoms with Gasteiger partial charge in [-0.1, -0.05) is 12.1 Å². The Morgan fingerprint density at radius 1 is 1.21 bits per heavy atom. The molecule has 3 heterocycles. The van der Waals surface area contributed by atoms with Gasteiger partial charge in [0.25, 0.3) is 23.5 Å². The first kappa shape index (κ1) is 18.9. The van der Waals surface area contributed by atoms with Crippen molar-refractivity contribution in [3.05, 3.63) is 68.6 Å². The van der Waals surface area contributed by atoms with Crippen LogP contribution in [0.3, 0.4) is 0 Å². The molecule has 0 radical (unpaired) electrons. The molecule has 29 heavy (non-hydrogen) atoms. The summed E-state index contributed by atoms with van der Waals surface area (Å²) in [7, 11) is 0. The molecule has 1 fully saturated rings. The van der Waals surface area contributed by atoms with Gasteiger partial charge in [0.2, 0.25) is 0 Å². The van der Waals surface area contributed by atoms with Crippen LogP contribution in [0.2, 0.25) is 0 Å². The highest BCUT2D eigenvalue weighted by atomic mass is 19.3. The molecule has 0 aliphatic carbocycles. The summed E-state index contributed by atoms with van der Waals surface area (Å²) < 4.78 is 27.4. The van der Waals surface area contributed by atoms with Crippen LogP contribution < -0.4 is 11.1 Å². The molecule has 1 N–H and O–H groups in total. The number of hydrogen-bond donors (Lipinski definition) is 1. The second kappa shape index (κ2) is 7.53. The number of amides is 1. The first-order valence-corrected chi connectivity index (χ1v) is 9.10. The van der Waals surface area contributed by atoms with Gasteiger partial charge in [-0.2, -0.15) is 5.10 Å². The lowest BCUT2D eigenvalue weighted by molar-refractivity contribution is 0.0713. The summed E-state index contributed by atoms with van der Waals surface area (Å²) in [5.41, 5.74) is -0.589. The summed E-state index contributed by atoms with van der Waals surface area (Å²) >= 11 is 0. The van der Waals surface area contributed by atoms with Crippen molar-refractivity contribution in [1.82, 2.24) is 24.6 Å². The Kier molecular flexibility index (Phi) is 4.91. The summed E-state index contributed by atoms with van der Waals surface area (Å²) in [5, 5.41) is 6.20. The van der Waals surface area contributed by atoms with Crippen molar-refractivity contribution in [1.29, 1.82) is 0 Å². The lowest BCUT2D eigenvalue weighted by atomic mass is 10.1. The summed E-state index contributed by atoms with van der Waals surface area (Å²) in [6, 6.07) is 8.37. The average Bonchev–Trinajstić information content (AvgIpc) is 3.19. The molecule has 1 unspecified atom stereocenters. The van der Waals surface area contributed by atoms with Crippen LogP contribution in [0.1, 0.15) is 35.2 Å². The van der Waals surface area contributed by atoms with Crippen LogP contribution in [0.5, 0.6) is 0 Å². The summed E-state index contributed by atoms with van der Waals surface area (Å²) in [4.78, 5) is 42.9. The molecule has 1 aromatic carbocycles. The van der Waals surface area contributed by atoms with Gasteiger partial charge >= 0.3 is 0 Å². The fourth-order valence-corrected chi connectivity index (χ4v) is 3.64. The fraction of sp³-hybridized carbons (Fsp3) is 0.316. The number of fused-ring (bicyclic) bond motifs is 1. The zero-order valence-corrected chi connectivity index (χ0v) is 15.2. The molecule has 0 spiro atoms. The predicted molar refractivity (Wildman–Crippen MR) is 99.9 cm³/mol. The Bertz CT molecular complexity index is 1170. The van der Waals surface area contributed by atoms with Crippen LogP contribution in [0.15, 0.2) is 46.0 Å². The Labute approximate surface area is 162 Å². The molecule has 1 atom stereocenters. The van der Waals surface area contributed by atoms with E-state index < -0.39 is 36.0 Å². The number of halogens is 2. The van der Waals surface area contributed by atoms with Crippen molar-refractivity contribution >= 4 is 16.8 Å². The third-order valence-electron chi connectivity index (χ3n) is 4.92. The SMILES string of the molecule is O=C(c1ccc(=O)[nH]n1)N1CCCC1c1nc2ccccc2c(=O)n1CC(F)F. The number of benzene rings is 1. The van der Waals surface area contributed by atoms with Crippen molar-refractivity contribution in [3.63, 3.8) is 0 Å². The largest absolute Gasteiger partial charge is 0.327 e. The first-order valence-electron chi connectivity index (χ1n) is 9.10. The number of hydrogen-bond acceptors (Lipinski definition) is 5. The zero-order chi connectivity index (χ0) is 20.5. The molecule has 2 aromatic heterocycles. The normalized spacial score (nSPS) is 16.7. The highest BCUT2D eigenvalue weighted by Gasteiger charge is 2.35. The van der Waals surface area contributed by atoms with E-state index in [2.05, 4.69) is 15.2 Å². The third-order valence-corrected chi connectivity index (χ3v) is 4.92. The number of carbonyl (C=O) groups excluding carboxylic acids is 1. The van der Waals surface area contributed by atoms with Crippen LogP contribution in [-0.2, 0) is 6.54 Å². The van der Waals surface area contributed by atoms with Crippen LogP contribution in [0.25, 0.3) is 10.9 Å². The molecule has 1 saturated heterocycles. The van der Waals surface area contributed by atoms with Crippen molar-refractivity contribution in [3.8, 4) is 0 Å². The number of aromatic amines is 1. The molecular weight excluding hydrogens is 384 g/mol. The zero-order valence-electron chi connectivity index (χ0n) is 15.2. The maximum atomic E-state index is 13.2. The van der Waals surface area contributed by atoms with Crippen molar-refractivity contribution in [2.45, 2.75) is 31.9 Å². The van der Waals surface area contributed by atoms with Crippen molar-refractivity contribution < 1.29 is 13.6 Å². The molecule has 10 heteroatoms. The number of carbonyl (C=O) groups is 1. The van der Waals surface area contributed by atoms with E-state index in [1.807, 2.05) is 0 Å². The molecule has 1 aliphatic heterocycles. The van der Waals surface area contributed by atoms with E-state index in [0.717, 1.165) is 4.57 Å². The maximum absolute atomic E-state index is 13.2. The van der Waals surface area contributed by atoms with Gasteiger partial charge in [-0.3, -0.25) is 19.0 Å². The van der Waals surface area contributed by atoms with Gasteiger partial charge in [-0.25, -0.2) is 18.9 Å². The second-order valence-electron chi connectivity index (χ2n) is 6.76. The first-order chi connectivity index (χ1) is 14.0. The van der Waals surface area contributed by atoms with Gasteiger partial charge < -0.3 is 4.90 Å². The number of rotatable bonds is 4. The summed E-state index contributed by atoms with van der Waals surface area (Å²) in [5.74, 6) is -0.334. The Morgan fingerprint density at radius 2 is 2.00 bits per heavy atom. The van der Waals surface area contributed by atoms with Crippen LogP contribution in [0.4, 0.5) is 8.78 Å². The van der Waals surface area contributed by atoms with E-state index in [4.69, 9.17) is 0 Å². The number of alkyl halides is 2. The molecule has 150 valence electrons. The minimum absolute atomic E-state index is 0.0278. The van der Waals surface area contributed by atoms with Gasteiger partial charge in [0, 0.05) is 12.6 Å². The number of likely N-dealkylation sites (tertiary alicyclic amines) is 1. The van der Waals surface area contributed by atoms with Gasteiger partial charge in [-0.05, 0) is 31.0 Å². The molecular formula is C19H17F2N5O3. The quantitative estimate of drug-likeness (QED) is 0.718. The molecule has 1 aliphatic rings. The molecule has 0 bridgehead atoms. The lowest BCUT2D eigenvalue weighted by Gasteiger charge is -2.26. The smallest absolute Gasteiger partial charge is 0.274 e. The highest BCUT2D eigenvalue weighted by Crippen LogP contribution is 2.32. The van der Waals surface area contributed by atoms with Crippen molar-refractivity contribution in [2.75, 3.05) is 6.54 Å². The van der Waals surface area contributed by atoms with E-state index in [9.17, 15) is 23.2 Å². The van der Waals surface area contributed by atoms with Gasteiger partial charge in [0.05, 0.1) is 23.5 Å². The Hall–Kier alpha value is -3.43. The average molecular weight is 401 g/mol. The Morgan fingerprint density at radius 3 is 2.72 bits per heavy atom. The maximum Gasteiger partial charge on any atom is 0.274 e. The van der Waals surface area contributed by atoms with Crippen LogP contribution in [0, 0.1) is 0 Å². The topological polar surface area (TPSA) is 101 Å². The monoisotopic (exact) mass is 401 g/mol. The van der Waals surface area contributed by atoms with E-state index in [1.54, 1.807) is 18.2 Å². The lowest BCUT2D eigenvalue weighted by Crippen LogP contribution is -2.37. The Balaban J connectivity index is 1.81. The second-order valence-corrected chi connectivity index (χ2v) is 6.76. The standard InChI is InChI=1S/C19H17F2N5O3/c20-15(21)10-26-17(22-12-5-2-1-4-11(12)18(26)28)14-6-3-9-25(14)19(29)13-7-8-16(27)24-23-13/h1-2,4-5,7-8,14-15H,3,6,9-10H2,(H,24,27). The summed E-state index contributed by atoms with van der Waals surface area (Å²) in [6.07, 6.45) is -1.65. The van der Waals surface area contributed by atoms with Gasteiger partial charge in [-0.15, -0.1) is 0 Å². The number of H-pyrrole nitrogens is 1. The minimum Gasteiger partial charge on any atom is -0.327 e. The fourth-order valence-electron chi connectivity index (χ4n) is 3.64. The van der Waals surface area contributed by atoms with Crippen LogP contribution in [-0.4, -0.2) is 43.5 Å². The van der Waals surface area contributed by atoms with Gasteiger partial charge in [0.1, 0.15) is 11.5 Å². The van der Waals surface area contributed by atoms with E-state index in [0.29, 0.717) is 24.9 Å². The summed E-state index contributed by atoms with van der Waals surface area (Å²) in [6.45, 7) is -0.441. The number of nitrogens with zero attached hydrogens (tertiary/aromatic N) is 4. The third kappa shape index (κ3) is 3.53. The van der Waals surface area contributed by atoms with Crippen LogP contribution >= 0.6 is 0 Å². The highest BCUT2D eigenvalue weighted by molar-refractivity contribution is 5.92.